The fourth-order valence-electron chi connectivity index (χ4n) is 11.0. The number of carbonyl (C=O) groups excluding carboxylic acids is 5. The van der Waals surface area contributed by atoms with Crippen LogP contribution in [0.25, 0.3) is 90.4 Å². The molecule has 0 unspecified atom stereocenters. The molecule has 4 amide bonds. The fraction of sp³-hybridized carbons (Fsp3) is 0.325. The summed E-state index contributed by atoms with van der Waals surface area (Å²) >= 11 is 0. The van der Waals surface area contributed by atoms with E-state index in [1.54, 1.807) is 0 Å². The van der Waals surface area contributed by atoms with Gasteiger partial charge in [-0.15, -0.1) is 0 Å². The van der Waals surface area contributed by atoms with Crippen LogP contribution in [-0.4, -0.2) is 65.7 Å². The minimum absolute atomic E-state index is 0.169. The van der Waals surface area contributed by atoms with E-state index in [9.17, 15) is 24.0 Å². The Morgan fingerprint density at radius 2 is 0.817 bits per heavy atom. The van der Waals surface area contributed by atoms with Gasteiger partial charge in [0.15, 0.2) is 0 Å². The summed E-state index contributed by atoms with van der Waals surface area (Å²) in [5.41, 5.74) is 9.38. The van der Waals surface area contributed by atoms with Crippen LogP contribution in [0.1, 0.15) is 150 Å². The first kappa shape index (κ1) is 66.0. The Morgan fingerprint density at radius 3 is 1.22 bits per heavy atom. The van der Waals surface area contributed by atoms with Gasteiger partial charge in [-0.2, -0.15) is 0 Å². The van der Waals surface area contributed by atoms with E-state index in [2.05, 4.69) is 40.8 Å². The Labute approximate surface area is 545 Å². The molecule has 0 radical (unpaired) electrons. The molecule has 93 heavy (non-hydrogen) atoms. The molecule has 0 fully saturated rings. The second-order valence-electron chi connectivity index (χ2n) is 28.1. The van der Waals surface area contributed by atoms with E-state index < -0.39 is 21.7 Å². The summed E-state index contributed by atoms with van der Waals surface area (Å²) in [5.74, 6) is -0.133. The summed E-state index contributed by atoms with van der Waals surface area (Å²) < 4.78 is 8.51. The molecule has 0 spiro atoms. The van der Waals surface area contributed by atoms with Gasteiger partial charge in [0.25, 0.3) is 0 Å². The van der Waals surface area contributed by atoms with Crippen molar-refractivity contribution in [3.05, 3.63) is 162 Å². The highest BCUT2D eigenvalue weighted by molar-refractivity contribution is 6.09. The Morgan fingerprint density at radius 1 is 0.452 bits per heavy atom. The number of benzene rings is 4. The third-order valence-electron chi connectivity index (χ3n) is 16.5. The number of unbranched alkanes of at least 4 members (excludes halogenated alkanes) is 4. The molecule has 4 aromatic carbocycles. The van der Waals surface area contributed by atoms with Crippen LogP contribution in [0.2, 0.25) is 0 Å². The minimum Gasteiger partial charge on any atom is -0.461 e. The zero-order chi connectivity index (χ0) is 66.6. The maximum absolute atomic E-state index is 14.2. The van der Waals surface area contributed by atoms with E-state index in [0.29, 0.717) is 124 Å². The zero-order valence-electron chi connectivity index (χ0n) is 55.8. The Bertz CT molecular complexity index is 4430. The minimum atomic E-state index is -0.776. The van der Waals surface area contributed by atoms with Gasteiger partial charge in [0.05, 0.1) is 22.8 Å². The number of imidazole rings is 1. The van der Waals surface area contributed by atoms with Crippen LogP contribution in [0, 0.1) is 28.6 Å². The van der Waals surface area contributed by atoms with E-state index in [0.717, 1.165) is 38.1 Å². The van der Waals surface area contributed by atoms with Crippen molar-refractivity contribution in [2.24, 2.45) is 21.7 Å². The Balaban J connectivity index is 1.29. The van der Waals surface area contributed by atoms with Crippen LogP contribution < -0.4 is 21.3 Å². The highest BCUT2D eigenvalue weighted by Crippen LogP contribution is 2.45. The number of carbonyl (C=O) groups is 5. The lowest BCUT2D eigenvalue weighted by atomic mass is 9.94. The highest BCUT2D eigenvalue weighted by atomic mass is 16.5. The van der Waals surface area contributed by atoms with Crippen molar-refractivity contribution in [3.8, 4) is 44.5 Å². The van der Waals surface area contributed by atoms with Crippen LogP contribution in [-0.2, 0) is 35.3 Å². The number of hydrogen-bond donors (Lipinski definition) is 6. The van der Waals surface area contributed by atoms with Gasteiger partial charge in [0, 0.05) is 142 Å². The van der Waals surface area contributed by atoms with Crippen LogP contribution in [0.4, 0.5) is 22.7 Å². The number of ether oxygens (including phenoxy) is 1. The molecule has 2 aliphatic heterocycles. The van der Waals surface area contributed by atoms with E-state index in [1.165, 1.54) is 0 Å². The normalized spacial score (nSPS) is 12.5. The zero-order valence-corrected chi connectivity index (χ0v) is 55.8. The van der Waals surface area contributed by atoms with Crippen LogP contribution in [0.15, 0.2) is 134 Å². The summed E-state index contributed by atoms with van der Waals surface area (Å²) in [6.07, 6.45) is 14.4. The molecular weight excluding hydrogens is 1160 g/mol. The number of amides is 4. The molecule has 6 N–H and O–H groups in total. The number of rotatable bonds is 18. The number of aromatic amines is 2. The molecule has 0 saturated carbocycles. The first-order valence-corrected chi connectivity index (χ1v) is 32.1. The second-order valence-corrected chi connectivity index (χ2v) is 28.1. The molecule has 4 aromatic heterocycles. The van der Waals surface area contributed by atoms with Crippen molar-refractivity contribution >= 4 is 98.2 Å². The lowest BCUT2D eigenvalue weighted by Crippen LogP contribution is -2.27. The van der Waals surface area contributed by atoms with Gasteiger partial charge in [-0.3, -0.25) is 24.0 Å². The average Bonchev–Trinajstić information content (AvgIpc) is 1.64. The lowest BCUT2D eigenvalue weighted by molar-refractivity contribution is -0.142. The van der Waals surface area contributed by atoms with Gasteiger partial charge in [-0.25, -0.2) is 15.0 Å². The van der Waals surface area contributed by atoms with E-state index in [4.69, 9.17) is 14.7 Å². The second kappa shape index (κ2) is 27.1. The van der Waals surface area contributed by atoms with Gasteiger partial charge < -0.3 is 40.5 Å². The molecule has 16 heteroatoms. The molecule has 0 aliphatic carbocycles. The number of para-hydroxylation sites is 4. The van der Waals surface area contributed by atoms with Crippen molar-refractivity contribution in [3.63, 3.8) is 0 Å². The molecular formula is C77H86N10O6. The SMILES string of the molecule is Cc1nccn1CCCCCCCC(=O)OCC1=Cc2nc1c(-c1ccccc1NC(=O)C(C)(C)C)c1ccc([nH]1)c(-c1ccccc1NC(=O)C(C)(C)C)c1nc(c(-c3ccccc3NC(=O)C(C)(C)C)c3ccc([nH]3)c2-c2ccccc2NC(=O)C(C)(C)C)C=C1. The number of nitrogens with one attached hydrogen (secondary N) is 6. The Kier molecular flexibility index (Phi) is 19.2. The molecule has 480 valence electrons. The molecule has 2 aliphatic rings. The smallest absolute Gasteiger partial charge is 0.306 e. The maximum atomic E-state index is 14.2. The van der Waals surface area contributed by atoms with Gasteiger partial charge in [-0.1, -0.05) is 175 Å². The van der Waals surface area contributed by atoms with Crippen molar-refractivity contribution in [1.29, 1.82) is 0 Å². The summed E-state index contributed by atoms with van der Waals surface area (Å²) in [5, 5.41) is 13.0. The first-order chi connectivity index (χ1) is 44.1. The molecule has 16 nitrogen and oxygen atoms in total. The number of fused-ring (bicyclic) bond motifs is 8. The van der Waals surface area contributed by atoms with E-state index in [-0.39, 0.29) is 42.6 Å². The molecule has 8 bridgehead atoms. The maximum Gasteiger partial charge on any atom is 0.306 e. The third kappa shape index (κ3) is 15.2. The summed E-state index contributed by atoms with van der Waals surface area (Å²) in [4.78, 5) is 93.8. The van der Waals surface area contributed by atoms with Gasteiger partial charge >= 0.3 is 5.97 Å². The average molecular weight is 1250 g/mol. The van der Waals surface area contributed by atoms with Crippen LogP contribution >= 0.6 is 0 Å². The quantitative estimate of drug-likeness (QED) is 0.0355. The summed E-state index contributed by atoms with van der Waals surface area (Å²) in [7, 11) is 0. The summed E-state index contributed by atoms with van der Waals surface area (Å²) in [6, 6.07) is 38.4. The predicted molar refractivity (Wildman–Crippen MR) is 378 cm³/mol. The van der Waals surface area contributed by atoms with Crippen molar-refractivity contribution in [2.75, 3.05) is 27.9 Å². The number of hydrogen-bond acceptors (Lipinski definition) is 9. The molecule has 8 aromatic rings. The summed E-state index contributed by atoms with van der Waals surface area (Å²) in [6.45, 7) is 25.1. The standard InChI is InChI=1S/C77H86N10O6/c1-47-78-42-44-87(47)43-26-16-14-15-17-35-64(88)93-46-48-45-63-67(51-29-20-24-33-55(51)85-72(91)76(8,9)10)61-39-38-59(80-61)65(49-27-18-22-31-53(49)83-70(89)74(2,3)4)57-36-37-58(79-57)66(50-28-19-23-32-54(50)84-71(90)75(5,6)7)60-40-41-62(81-60)68(69(48)82-63)52-30-21-25-34-56(52)86-73(92)77(11,12)13/h18-25,27-34,36-42,44-45,80-81H,14-17,26,35,43,46H2,1-13H3,(H,83,89)(H,84,90)(H,85,91)(H,86,92). The fourth-order valence-corrected chi connectivity index (χ4v) is 11.0. The predicted octanol–water partition coefficient (Wildman–Crippen LogP) is 17.7. The van der Waals surface area contributed by atoms with Gasteiger partial charge in [-0.05, 0) is 86.5 Å². The number of aryl methyl sites for hydroxylation is 2. The van der Waals surface area contributed by atoms with Gasteiger partial charge in [0.2, 0.25) is 23.6 Å². The Hall–Kier alpha value is -9.96. The lowest BCUT2D eigenvalue weighted by Gasteiger charge is -2.20. The van der Waals surface area contributed by atoms with Gasteiger partial charge in [0.1, 0.15) is 12.4 Å². The van der Waals surface area contributed by atoms with E-state index >= 15 is 0 Å². The molecule has 0 atom stereocenters. The van der Waals surface area contributed by atoms with Crippen molar-refractivity contribution in [2.45, 2.75) is 135 Å². The first-order valence-electron chi connectivity index (χ1n) is 32.1. The van der Waals surface area contributed by atoms with Crippen molar-refractivity contribution < 1.29 is 28.7 Å². The topological polar surface area (TPSA) is 218 Å². The van der Waals surface area contributed by atoms with E-state index in [1.807, 2.05) is 242 Å². The number of H-pyrrole nitrogens is 2. The highest BCUT2D eigenvalue weighted by Gasteiger charge is 2.31. The molecule has 0 saturated heterocycles. The van der Waals surface area contributed by atoms with Crippen molar-refractivity contribution in [1.82, 2.24) is 29.5 Å². The number of nitrogens with zero attached hydrogens (tertiary/aromatic N) is 4. The third-order valence-corrected chi connectivity index (χ3v) is 16.5. The largest absolute Gasteiger partial charge is 0.461 e. The number of aromatic nitrogens is 6. The van der Waals surface area contributed by atoms with Crippen LogP contribution in [0.5, 0.6) is 0 Å². The van der Waals surface area contributed by atoms with Crippen LogP contribution in [0.3, 0.4) is 0 Å². The molecule has 6 heterocycles. The monoisotopic (exact) mass is 1250 g/mol. The molecule has 10 rings (SSSR count). The number of esters is 1. The number of anilines is 4.